The van der Waals surface area contributed by atoms with Crippen molar-refractivity contribution in [1.29, 1.82) is 0 Å². The predicted molar refractivity (Wildman–Crippen MR) is 68.1 cm³/mol. The van der Waals surface area contributed by atoms with Crippen molar-refractivity contribution in [1.82, 2.24) is 4.90 Å². The number of nitrogens with zero attached hydrogens (tertiary/aromatic N) is 1. The third-order valence-corrected chi connectivity index (χ3v) is 3.95. The lowest BCUT2D eigenvalue weighted by molar-refractivity contribution is 0.206. The molecule has 0 aromatic heterocycles. The smallest absolute Gasteiger partial charge is 0.130 e. The van der Waals surface area contributed by atoms with Gasteiger partial charge in [-0.2, -0.15) is 0 Å². The van der Waals surface area contributed by atoms with Gasteiger partial charge in [-0.15, -0.1) is 0 Å². The molecule has 0 radical (unpaired) electrons. The molecule has 0 atom stereocenters. The topological polar surface area (TPSA) is 3.24 Å². The van der Waals surface area contributed by atoms with E-state index in [9.17, 15) is 8.78 Å². The normalized spacial score (nSPS) is 23.8. The van der Waals surface area contributed by atoms with Crippen LogP contribution < -0.4 is 0 Å². The van der Waals surface area contributed by atoms with Gasteiger partial charge < -0.3 is 4.90 Å². The van der Waals surface area contributed by atoms with E-state index in [2.05, 4.69) is 20.8 Å². The lowest BCUT2D eigenvalue weighted by Crippen LogP contribution is -2.34. The highest BCUT2D eigenvalue weighted by Crippen LogP contribution is 2.33. The molecule has 2 rings (SSSR count). The van der Waals surface area contributed by atoms with Gasteiger partial charge in [0.05, 0.1) is 0 Å². The highest BCUT2D eigenvalue weighted by Gasteiger charge is 2.27. The minimum Gasteiger partial charge on any atom is -0.302 e. The van der Waals surface area contributed by atoms with Crippen molar-refractivity contribution < 1.29 is 8.78 Å². The molecule has 1 aliphatic carbocycles. The summed E-state index contributed by atoms with van der Waals surface area (Å²) < 4.78 is 26.2. The van der Waals surface area contributed by atoms with Gasteiger partial charge >= 0.3 is 0 Å². The number of rotatable bonds is 4. The molecule has 0 spiro atoms. The Morgan fingerprint density at radius 2 is 2.06 bits per heavy atom. The molecule has 0 unspecified atom stereocenters. The zero-order chi connectivity index (χ0) is 12.4. The number of hydrogen-bond donors (Lipinski definition) is 0. The van der Waals surface area contributed by atoms with Gasteiger partial charge in [-0.1, -0.05) is 22.0 Å². The van der Waals surface area contributed by atoms with Gasteiger partial charge in [0.15, 0.2) is 0 Å². The van der Waals surface area contributed by atoms with E-state index in [-0.39, 0.29) is 0 Å². The second-order valence-corrected chi connectivity index (χ2v) is 6.16. The molecule has 1 saturated carbocycles. The van der Waals surface area contributed by atoms with Crippen LogP contribution in [-0.2, 0) is 6.54 Å². The minimum atomic E-state index is -0.518. The third-order valence-electron chi connectivity index (χ3n) is 3.20. The summed E-state index contributed by atoms with van der Waals surface area (Å²) in [5.74, 6) is -0.272. The maximum Gasteiger partial charge on any atom is 0.130 e. The Hall–Kier alpha value is -0.480. The lowest BCUT2D eigenvalue weighted by Gasteiger charge is -2.34. The fraction of sp³-hybridized carbons (Fsp3) is 0.538. The molecule has 0 saturated heterocycles. The maximum atomic E-state index is 13.4. The summed E-state index contributed by atoms with van der Waals surface area (Å²) in [5, 5.41) is 0. The Bertz CT molecular complexity index is 391. The van der Waals surface area contributed by atoms with Crippen LogP contribution >= 0.6 is 15.9 Å². The summed E-state index contributed by atoms with van der Waals surface area (Å²) >= 11 is 3.56. The first-order chi connectivity index (χ1) is 8.04. The van der Waals surface area contributed by atoms with E-state index < -0.39 is 11.6 Å². The van der Waals surface area contributed by atoms with Crippen molar-refractivity contribution in [3.05, 3.63) is 35.4 Å². The SMILES string of the molecule is CN(Cc1ccc(F)cc1F)CC1CC(Br)C1. The Labute approximate surface area is 109 Å². The number of halogens is 3. The average Bonchev–Trinajstić information content (AvgIpc) is 2.20. The fourth-order valence-electron chi connectivity index (χ4n) is 2.25. The number of benzene rings is 1. The molecule has 1 aromatic carbocycles. The number of alkyl halides is 1. The summed E-state index contributed by atoms with van der Waals surface area (Å²) in [7, 11) is 1.98. The monoisotopic (exact) mass is 303 g/mol. The summed E-state index contributed by atoms with van der Waals surface area (Å²) in [4.78, 5) is 2.75. The molecule has 1 fully saturated rings. The second-order valence-electron chi connectivity index (χ2n) is 4.87. The summed E-state index contributed by atoms with van der Waals surface area (Å²) in [6, 6.07) is 3.78. The molecule has 0 amide bonds. The number of hydrogen-bond acceptors (Lipinski definition) is 1. The van der Waals surface area contributed by atoms with Crippen molar-refractivity contribution in [3.63, 3.8) is 0 Å². The van der Waals surface area contributed by atoms with E-state index in [1.165, 1.54) is 25.0 Å². The van der Waals surface area contributed by atoms with Crippen LogP contribution in [0.25, 0.3) is 0 Å². The fourth-order valence-corrected chi connectivity index (χ4v) is 3.31. The first-order valence-corrected chi connectivity index (χ1v) is 6.72. The average molecular weight is 304 g/mol. The quantitative estimate of drug-likeness (QED) is 0.769. The molecule has 1 aliphatic rings. The molecule has 0 heterocycles. The lowest BCUT2D eigenvalue weighted by atomic mass is 9.85. The van der Waals surface area contributed by atoms with E-state index in [0.717, 1.165) is 12.6 Å². The van der Waals surface area contributed by atoms with Crippen LogP contribution in [0.5, 0.6) is 0 Å². The zero-order valence-corrected chi connectivity index (χ0v) is 11.4. The van der Waals surface area contributed by atoms with Gasteiger partial charge in [-0.3, -0.25) is 0 Å². The minimum absolute atomic E-state index is 0.455. The van der Waals surface area contributed by atoms with Gasteiger partial charge in [-0.05, 0) is 31.9 Å². The molecule has 1 nitrogen and oxygen atoms in total. The molecule has 17 heavy (non-hydrogen) atoms. The second kappa shape index (κ2) is 5.44. The van der Waals surface area contributed by atoms with Crippen LogP contribution in [-0.4, -0.2) is 23.3 Å². The highest BCUT2D eigenvalue weighted by molar-refractivity contribution is 9.09. The molecule has 0 aliphatic heterocycles. The molecular formula is C13H16BrF2N. The van der Waals surface area contributed by atoms with E-state index in [1.54, 1.807) is 0 Å². The van der Waals surface area contributed by atoms with Crippen LogP contribution in [0, 0.1) is 17.6 Å². The van der Waals surface area contributed by atoms with Gasteiger partial charge in [0.25, 0.3) is 0 Å². The van der Waals surface area contributed by atoms with Gasteiger partial charge in [0, 0.05) is 29.5 Å². The van der Waals surface area contributed by atoms with Crippen molar-refractivity contribution >= 4 is 15.9 Å². The Balaban J connectivity index is 1.87. The van der Waals surface area contributed by atoms with Crippen molar-refractivity contribution in [3.8, 4) is 0 Å². The summed E-state index contributed by atoms with van der Waals surface area (Å²) in [6.07, 6.45) is 2.38. The van der Waals surface area contributed by atoms with E-state index >= 15 is 0 Å². The van der Waals surface area contributed by atoms with Gasteiger partial charge in [0.2, 0.25) is 0 Å². The Kier molecular flexibility index (Phi) is 4.15. The molecule has 0 N–H and O–H groups in total. The zero-order valence-electron chi connectivity index (χ0n) is 9.80. The van der Waals surface area contributed by atoms with Crippen molar-refractivity contribution in [2.24, 2.45) is 5.92 Å². The van der Waals surface area contributed by atoms with Crippen LogP contribution in [0.4, 0.5) is 8.78 Å². The first kappa shape index (κ1) is 13.0. The first-order valence-electron chi connectivity index (χ1n) is 5.81. The molecule has 94 valence electrons. The molecule has 1 aromatic rings. The van der Waals surface area contributed by atoms with E-state index in [4.69, 9.17) is 0 Å². The van der Waals surface area contributed by atoms with Gasteiger partial charge in [0.1, 0.15) is 11.6 Å². The van der Waals surface area contributed by atoms with Crippen LogP contribution in [0.1, 0.15) is 18.4 Å². The van der Waals surface area contributed by atoms with Crippen LogP contribution in [0.2, 0.25) is 0 Å². The van der Waals surface area contributed by atoms with Crippen LogP contribution in [0.3, 0.4) is 0 Å². The summed E-state index contributed by atoms with van der Waals surface area (Å²) in [6.45, 7) is 1.51. The largest absolute Gasteiger partial charge is 0.302 e. The standard InChI is InChI=1S/C13H16BrF2N/c1-17(7-9-4-11(14)5-9)8-10-2-3-12(15)6-13(10)16/h2-3,6,9,11H,4-5,7-8H2,1H3. The highest BCUT2D eigenvalue weighted by atomic mass is 79.9. The summed E-state index contributed by atoms with van der Waals surface area (Å²) in [5.41, 5.74) is 0.559. The Morgan fingerprint density at radius 3 is 2.65 bits per heavy atom. The van der Waals surface area contributed by atoms with Crippen molar-refractivity contribution in [2.75, 3.05) is 13.6 Å². The third kappa shape index (κ3) is 3.49. The van der Waals surface area contributed by atoms with E-state index in [1.807, 2.05) is 7.05 Å². The molecular weight excluding hydrogens is 288 g/mol. The van der Waals surface area contributed by atoms with Crippen LogP contribution in [0.15, 0.2) is 18.2 Å². The molecule has 4 heteroatoms. The predicted octanol–water partition coefficient (Wildman–Crippen LogP) is 3.57. The van der Waals surface area contributed by atoms with Crippen molar-refractivity contribution in [2.45, 2.75) is 24.2 Å². The Morgan fingerprint density at radius 1 is 1.35 bits per heavy atom. The van der Waals surface area contributed by atoms with E-state index in [0.29, 0.717) is 22.9 Å². The van der Waals surface area contributed by atoms with Gasteiger partial charge in [-0.25, -0.2) is 8.78 Å². The maximum absolute atomic E-state index is 13.4. The molecule has 0 bridgehead atoms.